The van der Waals surface area contributed by atoms with Gasteiger partial charge in [-0.3, -0.25) is 0 Å². The van der Waals surface area contributed by atoms with Gasteiger partial charge in [-0.05, 0) is 51.5 Å². The molecule has 1 aliphatic heterocycles. The molecule has 1 unspecified atom stereocenters. The van der Waals surface area contributed by atoms with E-state index in [-0.39, 0.29) is 0 Å². The molecule has 1 saturated carbocycles. The number of aryl methyl sites for hydroxylation is 1. The van der Waals surface area contributed by atoms with Crippen molar-refractivity contribution in [2.75, 3.05) is 30.4 Å². The first kappa shape index (κ1) is 19.2. The number of methoxy groups -OCH3 is 1. The van der Waals surface area contributed by atoms with Gasteiger partial charge >= 0.3 is 0 Å². The first-order valence-corrected chi connectivity index (χ1v) is 10.7. The molecule has 8 nitrogen and oxygen atoms in total. The molecule has 1 saturated heterocycles. The van der Waals surface area contributed by atoms with Gasteiger partial charge in [0.25, 0.3) is 0 Å². The zero-order chi connectivity index (χ0) is 20.8. The van der Waals surface area contributed by atoms with Crippen LogP contribution in [0.1, 0.15) is 38.6 Å². The molecular weight excluding hydrogens is 378 g/mol. The average molecular weight is 408 g/mol. The summed E-state index contributed by atoms with van der Waals surface area (Å²) in [6, 6.07) is 4.27. The minimum Gasteiger partial charge on any atom is -0.381 e. The number of nitrogens with zero attached hydrogens (tertiary/aromatic N) is 6. The Bertz CT molecular complexity index is 1050. The Morgan fingerprint density at radius 2 is 1.87 bits per heavy atom. The van der Waals surface area contributed by atoms with Crippen LogP contribution in [0.5, 0.6) is 0 Å². The van der Waals surface area contributed by atoms with E-state index < -0.39 is 0 Å². The van der Waals surface area contributed by atoms with Crippen LogP contribution in [0.25, 0.3) is 11.0 Å². The Kier molecular flexibility index (Phi) is 4.81. The van der Waals surface area contributed by atoms with Crippen molar-refractivity contribution in [2.45, 2.75) is 45.8 Å². The lowest BCUT2D eigenvalue weighted by Crippen LogP contribution is -2.25. The number of anilines is 3. The summed E-state index contributed by atoms with van der Waals surface area (Å²) in [5, 5.41) is 3.35. The van der Waals surface area contributed by atoms with E-state index in [4.69, 9.17) is 9.72 Å². The van der Waals surface area contributed by atoms with Gasteiger partial charge in [0.15, 0.2) is 0 Å². The Hall–Kier alpha value is -2.74. The number of nitrogens with one attached hydrogen (secondary N) is 1. The maximum atomic E-state index is 5.56. The molecule has 0 spiro atoms. The predicted molar refractivity (Wildman–Crippen MR) is 117 cm³/mol. The molecule has 0 amide bonds. The predicted octanol–water partition coefficient (Wildman–Crippen LogP) is 3.72. The van der Waals surface area contributed by atoms with Crippen molar-refractivity contribution in [1.29, 1.82) is 0 Å². The average Bonchev–Trinajstić information content (AvgIpc) is 3.38. The maximum Gasteiger partial charge on any atom is 0.227 e. The van der Waals surface area contributed by atoms with Crippen molar-refractivity contribution in [2.24, 2.45) is 11.8 Å². The molecule has 3 aromatic rings. The zero-order valence-electron chi connectivity index (χ0n) is 18.0. The van der Waals surface area contributed by atoms with E-state index in [0.717, 1.165) is 60.4 Å². The Balaban J connectivity index is 1.35. The molecule has 5 rings (SSSR count). The van der Waals surface area contributed by atoms with Gasteiger partial charge in [-0.2, -0.15) is 4.98 Å². The van der Waals surface area contributed by atoms with Gasteiger partial charge in [0.2, 0.25) is 5.95 Å². The van der Waals surface area contributed by atoms with Crippen LogP contribution >= 0.6 is 0 Å². The number of hydrogen-bond donors (Lipinski definition) is 1. The number of hydrogen-bond acceptors (Lipinski definition) is 7. The number of rotatable bonds is 5. The maximum absolute atomic E-state index is 5.56. The van der Waals surface area contributed by atoms with E-state index in [2.05, 4.69) is 43.6 Å². The molecule has 4 heterocycles. The number of ether oxygens (including phenoxy) is 1. The Morgan fingerprint density at radius 1 is 1.10 bits per heavy atom. The van der Waals surface area contributed by atoms with Crippen molar-refractivity contribution in [3.8, 4) is 0 Å². The van der Waals surface area contributed by atoms with Crippen molar-refractivity contribution in [1.82, 2.24) is 24.5 Å². The molecule has 0 aromatic carbocycles. The number of imidazole rings is 1. The van der Waals surface area contributed by atoms with Crippen LogP contribution in [0.3, 0.4) is 0 Å². The summed E-state index contributed by atoms with van der Waals surface area (Å²) in [5.41, 5.74) is 1.99. The molecule has 1 aliphatic carbocycles. The fourth-order valence-corrected chi connectivity index (χ4v) is 5.14. The third-order valence-corrected chi connectivity index (χ3v) is 6.49. The first-order valence-electron chi connectivity index (χ1n) is 10.7. The SMILES string of the molecule is COC1C[C@@H]2CN(c3nccc(Nc4cc5c(cn4)nc(C)n5C(C)C)n3)C[C@@H]2C1. The molecule has 30 heavy (non-hydrogen) atoms. The molecule has 158 valence electrons. The van der Waals surface area contributed by atoms with Crippen LogP contribution in [0, 0.1) is 18.8 Å². The fourth-order valence-electron chi connectivity index (χ4n) is 5.14. The number of fused-ring (bicyclic) bond motifs is 2. The van der Waals surface area contributed by atoms with Crippen molar-refractivity contribution in [3.63, 3.8) is 0 Å². The van der Waals surface area contributed by atoms with Gasteiger partial charge in [-0.25, -0.2) is 15.0 Å². The monoisotopic (exact) mass is 407 g/mol. The van der Waals surface area contributed by atoms with E-state index in [1.807, 2.05) is 38.6 Å². The van der Waals surface area contributed by atoms with Crippen LogP contribution < -0.4 is 10.2 Å². The Morgan fingerprint density at radius 3 is 2.57 bits per heavy atom. The van der Waals surface area contributed by atoms with Crippen molar-refractivity contribution < 1.29 is 4.74 Å². The highest BCUT2D eigenvalue weighted by Gasteiger charge is 2.41. The topological polar surface area (TPSA) is 81.0 Å². The number of pyridine rings is 1. The van der Waals surface area contributed by atoms with Crippen LogP contribution in [0.4, 0.5) is 17.6 Å². The van der Waals surface area contributed by atoms with Gasteiger partial charge in [-0.1, -0.05) is 0 Å². The Labute approximate surface area is 176 Å². The van der Waals surface area contributed by atoms with Crippen LogP contribution in [-0.2, 0) is 4.74 Å². The quantitative estimate of drug-likeness (QED) is 0.690. The van der Waals surface area contributed by atoms with E-state index in [1.165, 1.54) is 0 Å². The fraction of sp³-hybridized carbons (Fsp3) is 0.545. The van der Waals surface area contributed by atoms with Crippen LogP contribution in [-0.4, -0.2) is 50.8 Å². The largest absolute Gasteiger partial charge is 0.381 e. The second-order valence-corrected chi connectivity index (χ2v) is 8.80. The smallest absolute Gasteiger partial charge is 0.227 e. The van der Waals surface area contributed by atoms with E-state index in [0.29, 0.717) is 24.0 Å². The van der Waals surface area contributed by atoms with Gasteiger partial charge in [0, 0.05) is 38.5 Å². The standard InChI is InChI=1S/C22H29N7O/c1-13(2)29-14(3)25-18-10-24-21(9-19(18)29)26-20-5-6-23-22(27-20)28-11-15-7-17(30-4)8-16(15)12-28/h5-6,9-10,13,15-17H,7-8,11-12H2,1-4H3,(H,23,24,26,27)/t15-,16+,17?. The zero-order valence-corrected chi connectivity index (χ0v) is 18.0. The lowest BCUT2D eigenvalue weighted by Gasteiger charge is -2.19. The third-order valence-electron chi connectivity index (χ3n) is 6.49. The summed E-state index contributed by atoms with van der Waals surface area (Å²) in [4.78, 5) is 20.8. The van der Waals surface area contributed by atoms with Gasteiger partial charge < -0.3 is 19.5 Å². The lowest BCUT2D eigenvalue weighted by atomic mass is 10.0. The third kappa shape index (κ3) is 3.39. The van der Waals surface area contributed by atoms with E-state index in [1.54, 1.807) is 0 Å². The summed E-state index contributed by atoms with van der Waals surface area (Å²) in [6.45, 7) is 8.37. The molecule has 0 bridgehead atoms. The highest BCUT2D eigenvalue weighted by atomic mass is 16.5. The highest BCUT2D eigenvalue weighted by molar-refractivity contribution is 5.79. The second kappa shape index (κ2) is 7.50. The van der Waals surface area contributed by atoms with Crippen molar-refractivity contribution in [3.05, 3.63) is 30.4 Å². The van der Waals surface area contributed by atoms with Crippen LogP contribution in [0.2, 0.25) is 0 Å². The molecular formula is C22H29N7O. The number of aromatic nitrogens is 5. The summed E-state index contributed by atoms with van der Waals surface area (Å²) in [5.74, 6) is 4.66. The van der Waals surface area contributed by atoms with E-state index >= 15 is 0 Å². The molecule has 0 radical (unpaired) electrons. The lowest BCUT2D eigenvalue weighted by molar-refractivity contribution is 0.102. The highest BCUT2D eigenvalue weighted by Crippen LogP contribution is 2.40. The minimum absolute atomic E-state index is 0.336. The van der Waals surface area contributed by atoms with Crippen molar-refractivity contribution >= 4 is 28.6 Å². The molecule has 8 heteroatoms. The second-order valence-electron chi connectivity index (χ2n) is 8.80. The molecule has 1 N–H and O–H groups in total. The van der Waals surface area contributed by atoms with E-state index in [9.17, 15) is 0 Å². The van der Waals surface area contributed by atoms with Gasteiger partial charge in [0.1, 0.15) is 23.0 Å². The minimum atomic E-state index is 0.336. The molecule has 3 aromatic heterocycles. The van der Waals surface area contributed by atoms with Crippen LogP contribution in [0.15, 0.2) is 24.5 Å². The first-order chi connectivity index (χ1) is 14.5. The van der Waals surface area contributed by atoms with Gasteiger partial charge in [-0.15, -0.1) is 0 Å². The summed E-state index contributed by atoms with van der Waals surface area (Å²) < 4.78 is 7.78. The molecule has 2 aliphatic rings. The molecule has 3 atom stereocenters. The molecule has 2 fully saturated rings. The summed E-state index contributed by atoms with van der Waals surface area (Å²) in [7, 11) is 1.82. The normalized spacial score (nSPS) is 23.5. The van der Waals surface area contributed by atoms with Gasteiger partial charge in [0.05, 0.1) is 17.8 Å². The summed E-state index contributed by atoms with van der Waals surface area (Å²) >= 11 is 0. The summed E-state index contributed by atoms with van der Waals surface area (Å²) in [6.07, 6.45) is 6.34.